The van der Waals surface area contributed by atoms with Gasteiger partial charge in [0.05, 0.1) is 19.1 Å². The van der Waals surface area contributed by atoms with Gasteiger partial charge < -0.3 is 10.1 Å². The van der Waals surface area contributed by atoms with Gasteiger partial charge in [0.1, 0.15) is 5.75 Å². The molecule has 4 heteroatoms. The van der Waals surface area contributed by atoms with Gasteiger partial charge >= 0.3 is 0 Å². The summed E-state index contributed by atoms with van der Waals surface area (Å²) in [6.45, 7) is 4.84. The lowest BCUT2D eigenvalue weighted by Crippen LogP contribution is -2.14. The van der Waals surface area contributed by atoms with Crippen LogP contribution in [-0.4, -0.2) is 12.5 Å². The molecule has 0 saturated carbocycles. The largest absolute Gasteiger partial charge is 0.493 e. The Kier molecular flexibility index (Phi) is 5.76. The summed E-state index contributed by atoms with van der Waals surface area (Å²) in [5.41, 5.74) is 1.94. The van der Waals surface area contributed by atoms with Gasteiger partial charge in [0, 0.05) is 11.3 Å². The third-order valence-electron chi connectivity index (χ3n) is 3.23. The molecule has 0 aliphatic rings. The first-order valence-electron chi connectivity index (χ1n) is 7.59. The second kappa shape index (κ2) is 8.00. The molecule has 0 atom stereocenters. The maximum Gasteiger partial charge on any atom is 0.255 e. The minimum absolute atomic E-state index is 0.214. The van der Waals surface area contributed by atoms with Crippen LogP contribution in [-0.2, 0) is 6.42 Å². The molecular weight excluding hydrogens is 288 g/mol. The van der Waals surface area contributed by atoms with Crippen LogP contribution in [0.2, 0.25) is 0 Å². The maximum absolute atomic E-state index is 12.4. The average Bonchev–Trinajstić information content (AvgIpc) is 2.55. The molecule has 1 amide bonds. The van der Waals surface area contributed by atoms with E-state index in [4.69, 9.17) is 10.00 Å². The minimum atomic E-state index is -0.216. The Morgan fingerprint density at radius 2 is 1.87 bits per heavy atom. The predicted octanol–water partition coefficient (Wildman–Crippen LogP) is 4.04. The van der Waals surface area contributed by atoms with E-state index in [2.05, 4.69) is 25.2 Å². The van der Waals surface area contributed by atoms with Crippen molar-refractivity contribution in [2.45, 2.75) is 20.3 Å². The first-order chi connectivity index (χ1) is 11.1. The topological polar surface area (TPSA) is 62.1 Å². The molecule has 0 unspecified atom stereocenters. The Morgan fingerprint density at radius 3 is 2.52 bits per heavy atom. The van der Waals surface area contributed by atoms with Crippen molar-refractivity contribution in [2.24, 2.45) is 5.92 Å². The van der Waals surface area contributed by atoms with E-state index >= 15 is 0 Å². The fourth-order valence-corrected chi connectivity index (χ4v) is 2.08. The maximum atomic E-state index is 12.4. The lowest BCUT2D eigenvalue weighted by molar-refractivity contribution is 0.102. The van der Waals surface area contributed by atoms with E-state index in [9.17, 15) is 4.79 Å². The highest BCUT2D eigenvalue weighted by Crippen LogP contribution is 2.18. The van der Waals surface area contributed by atoms with Crippen LogP contribution in [0, 0.1) is 17.2 Å². The zero-order valence-corrected chi connectivity index (χ0v) is 13.4. The molecule has 0 spiro atoms. The van der Waals surface area contributed by atoms with Gasteiger partial charge in [0.25, 0.3) is 5.91 Å². The average molecular weight is 308 g/mol. The van der Waals surface area contributed by atoms with Crippen molar-refractivity contribution in [3.8, 4) is 11.8 Å². The van der Waals surface area contributed by atoms with E-state index in [1.165, 1.54) is 0 Å². The Labute approximate surface area is 136 Å². The molecule has 0 aromatic heterocycles. The number of nitrogens with one attached hydrogen (secondary N) is 1. The van der Waals surface area contributed by atoms with Crippen LogP contribution < -0.4 is 10.1 Å². The fourth-order valence-electron chi connectivity index (χ4n) is 2.08. The third-order valence-corrected chi connectivity index (χ3v) is 3.23. The van der Waals surface area contributed by atoms with E-state index in [1.807, 2.05) is 18.2 Å². The van der Waals surface area contributed by atoms with Crippen LogP contribution in [0.3, 0.4) is 0 Å². The summed E-state index contributed by atoms with van der Waals surface area (Å²) in [5, 5.41) is 11.7. The molecule has 2 rings (SSSR count). The normalized spacial score (nSPS) is 10.2. The molecule has 0 radical (unpaired) electrons. The second-order valence-corrected chi connectivity index (χ2v) is 5.68. The minimum Gasteiger partial charge on any atom is -0.493 e. The van der Waals surface area contributed by atoms with Crippen molar-refractivity contribution in [3.05, 3.63) is 59.7 Å². The monoisotopic (exact) mass is 308 g/mol. The van der Waals surface area contributed by atoms with Crippen LogP contribution in [0.4, 0.5) is 5.69 Å². The number of nitriles is 1. The standard InChI is InChI=1S/C19H20N2O2/c1-14(2)13-23-17-9-7-16(8-10-17)21-19(22)18-6-4-3-5-15(18)11-12-20/h3-10,14H,11,13H2,1-2H3,(H,21,22). The van der Waals surface area contributed by atoms with E-state index in [-0.39, 0.29) is 12.3 Å². The van der Waals surface area contributed by atoms with E-state index in [0.29, 0.717) is 23.8 Å². The molecule has 4 nitrogen and oxygen atoms in total. The summed E-state index contributed by atoms with van der Waals surface area (Å²) in [6, 6.07) is 16.5. The molecule has 0 bridgehead atoms. The van der Waals surface area contributed by atoms with E-state index in [1.54, 1.807) is 30.3 Å². The van der Waals surface area contributed by atoms with Gasteiger partial charge in [-0.25, -0.2) is 0 Å². The van der Waals surface area contributed by atoms with Crippen LogP contribution in [0.5, 0.6) is 5.75 Å². The van der Waals surface area contributed by atoms with Gasteiger partial charge in [-0.15, -0.1) is 0 Å². The Morgan fingerprint density at radius 1 is 1.17 bits per heavy atom. The van der Waals surface area contributed by atoms with Gasteiger partial charge in [-0.2, -0.15) is 5.26 Å². The molecule has 118 valence electrons. The van der Waals surface area contributed by atoms with Crippen molar-refractivity contribution in [2.75, 3.05) is 11.9 Å². The molecule has 2 aromatic rings. The zero-order chi connectivity index (χ0) is 16.7. The first kappa shape index (κ1) is 16.6. The van der Waals surface area contributed by atoms with Gasteiger partial charge in [-0.1, -0.05) is 32.0 Å². The van der Waals surface area contributed by atoms with Crippen LogP contribution in [0.25, 0.3) is 0 Å². The van der Waals surface area contributed by atoms with Gasteiger partial charge in [-0.3, -0.25) is 4.79 Å². The SMILES string of the molecule is CC(C)COc1ccc(NC(=O)c2ccccc2CC#N)cc1. The number of carbonyl (C=O) groups is 1. The Hall–Kier alpha value is -2.80. The van der Waals surface area contributed by atoms with Crippen LogP contribution in [0.1, 0.15) is 29.8 Å². The lowest BCUT2D eigenvalue weighted by atomic mass is 10.0. The van der Waals surface area contributed by atoms with E-state index in [0.717, 1.165) is 11.3 Å². The predicted molar refractivity (Wildman–Crippen MR) is 90.5 cm³/mol. The van der Waals surface area contributed by atoms with E-state index < -0.39 is 0 Å². The summed E-state index contributed by atoms with van der Waals surface area (Å²) < 4.78 is 5.61. The molecule has 0 heterocycles. The van der Waals surface area contributed by atoms with Crippen molar-refractivity contribution >= 4 is 11.6 Å². The number of benzene rings is 2. The summed E-state index contributed by atoms with van der Waals surface area (Å²) >= 11 is 0. The quantitative estimate of drug-likeness (QED) is 0.876. The van der Waals surface area contributed by atoms with Gasteiger partial charge in [0.15, 0.2) is 0 Å². The lowest BCUT2D eigenvalue weighted by Gasteiger charge is -2.11. The number of hydrogen-bond acceptors (Lipinski definition) is 3. The zero-order valence-electron chi connectivity index (χ0n) is 13.4. The van der Waals surface area contributed by atoms with Gasteiger partial charge in [0.2, 0.25) is 0 Å². The summed E-state index contributed by atoms with van der Waals surface area (Å²) in [7, 11) is 0. The smallest absolute Gasteiger partial charge is 0.255 e. The summed E-state index contributed by atoms with van der Waals surface area (Å²) in [4.78, 5) is 12.4. The number of anilines is 1. The number of carbonyl (C=O) groups excluding carboxylic acids is 1. The van der Waals surface area contributed by atoms with Crippen molar-refractivity contribution < 1.29 is 9.53 Å². The molecule has 0 aliphatic heterocycles. The fraction of sp³-hybridized carbons (Fsp3) is 0.263. The molecule has 2 aromatic carbocycles. The van der Waals surface area contributed by atoms with Crippen molar-refractivity contribution in [1.82, 2.24) is 0 Å². The molecule has 0 fully saturated rings. The number of nitrogens with zero attached hydrogens (tertiary/aromatic N) is 1. The van der Waals surface area contributed by atoms with Crippen LogP contribution >= 0.6 is 0 Å². The molecular formula is C19H20N2O2. The van der Waals surface area contributed by atoms with Crippen molar-refractivity contribution in [3.63, 3.8) is 0 Å². The summed E-state index contributed by atoms with van der Waals surface area (Å²) in [5.74, 6) is 1.03. The molecule has 0 saturated heterocycles. The highest BCUT2D eigenvalue weighted by molar-refractivity contribution is 6.05. The molecule has 1 N–H and O–H groups in total. The molecule has 23 heavy (non-hydrogen) atoms. The number of hydrogen-bond donors (Lipinski definition) is 1. The number of rotatable bonds is 6. The second-order valence-electron chi connectivity index (χ2n) is 5.68. The Balaban J connectivity index is 2.05. The van der Waals surface area contributed by atoms with Crippen LogP contribution in [0.15, 0.2) is 48.5 Å². The molecule has 0 aliphatic carbocycles. The van der Waals surface area contributed by atoms with Gasteiger partial charge in [-0.05, 0) is 41.8 Å². The Bertz CT molecular complexity index is 700. The highest BCUT2D eigenvalue weighted by atomic mass is 16.5. The highest BCUT2D eigenvalue weighted by Gasteiger charge is 2.11. The first-order valence-corrected chi connectivity index (χ1v) is 7.59. The third kappa shape index (κ3) is 4.86. The number of amides is 1. The van der Waals surface area contributed by atoms with Crippen molar-refractivity contribution in [1.29, 1.82) is 5.26 Å². The number of ether oxygens (including phenoxy) is 1. The summed E-state index contributed by atoms with van der Waals surface area (Å²) in [6.07, 6.45) is 0.214.